The Morgan fingerprint density at radius 3 is 2.74 bits per heavy atom. The number of methoxy groups -OCH3 is 1. The van der Waals surface area contributed by atoms with Gasteiger partial charge in [-0.3, -0.25) is 0 Å². The van der Waals surface area contributed by atoms with Gasteiger partial charge in [-0.1, -0.05) is 24.3 Å². The van der Waals surface area contributed by atoms with Crippen LogP contribution >= 0.6 is 0 Å². The van der Waals surface area contributed by atoms with E-state index < -0.39 is 0 Å². The Morgan fingerprint density at radius 1 is 1.17 bits per heavy atom. The first-order valence-corrected chi connectivity index (χ1v) is 7.91. The van der Waals surface area contributed by atoms with E-state index in [-0.39, 0.29) is 6.04 Å². The lowest BCUT2D eigenvalue weighted by atomic mass is 9.76. The molecule has 0 fully saturated rings. The summed E-state index contributed by atoms with van der Waals surface area (Å²) in [6, 6.07) is 16.8. The van der Waals surface area contributed by atoms with Gasteiger partial charge in [0.1, 0.15) is 5.75 Å². The fourth-order valence-electron chi connectivity index (χ4n) is 3.81. The van der Waals surface area contributed by atoms with Crippen molar-refractivity contribution >= 4 is 5.69 Å². The van der Waals surface area contributed by atoms with E-state index in [9.17, 15) is 0 Å². The minimum atomic E-state index is 0.279. The van der Waals surface area contributed by atoms with Gasteiger partial charge in [0.15, 0.2) is 0 Å². The zero-order valence-corrected chi connectivity index (χ0v) is 13.0. The zero-order chi connectivity index (χ0) is 15.8. The normalized spacial score (nSPS) is 24.3. The van der Waals surface area contributed by atoms with Gasteiger partial charge < -0.3 is 10.1 Å². The standard InChI is InChI=1S/C20H18N2O/c1-23-15-8-6-14(7-9-15)20-17-4-2-3-16(17)18-11-13(12-21)5-10-19(18)22-20/h2-3,5-11,16-17,20,22H,4H2,1H3. The smallest absolute Gasteiger partial charge is 0.118 e. The number of nitrogens with one attached hydrogen (secondary N) is 1. The molecular weight excluding hydrogens is 284 g/mol. The van der Waals surface area contributed by atoms with Crippen LogP contribution in [0.15, 0.2) is 54.6 Å². The lowest BCUT2D eigenvalue weighted by Crippen LogP contribution is -2.29. The van der Waals surface area contributed by atoms with Crippen molar-refractivity contribution in [1.29, 1.82) is 5.26 Å². The summed E-state index contributed by atoms with van der Waals surface area (Å²) >= 11 is 0. The Labute approximate surface area is 136 Å². The number of fused-ring (bicyclic) bond motifs is 3. The summed E-state index contributed by atoms with van der Waals surface area (Å²) in [6.45, 7) is 0. The van der Waals surface area contributed by atoms with Crippen molar-refractivity contribution in [1.82, 2.24) is 0 Å². The highest BCUT2D eigenvalue weighted by atomic mass is 16.5. The first-order chi connectivity index (χ1) is 11.3. The molecule has 3 heteroatoms. The summed E-state index contributed by atoms with van der Waals surface area (Å²) < 4.78 is 5.26. The van der Waals surface area contributed by atoms with Gasteiger partial charge >= 0.3 is 0 Å². The van der Waals surface area contributed by atoms with Gasteiger partial charge in [0.05, 0.1) is 24.8 Å². The van der Waals surface area contributed by atoms with E-state index in [0.717, 1.165) is 23.4 Å². The van der Waals surface area contributed by atoms with Crippen molar-refractivity contribution in [2.24, 2.45) is 5.92 Å². The molecule has 0 saturated carbocycles. The van der Waals surface area contributed by atoms with Crippen molar-refractivity contribution < 1.29 is 4.74 Å². The Balaban J connectivity index is 1.74. The van der Waals surface area contributed by atoms with Crippen LogP contribution in [0.3, 0.4) is 0 Å². The minimum Gasteiger partial charge on any atom is -0.497 e. The monoisotopic (exact) mass is 302 g/mol. The number of anilines is 1. The van der Waals surface area contributed by atoms with Crippen LogP contribution < -0.4 is 10.1 Å². The molecule has 0 radical (unpaired) electrons. The maximum Gasteiger partial charge on any atom is 0.118 e. The Morgan fingerprint density at radius 2 is 2.00 bits per heavy atom. The molecule has 2 aliphatic rings. The molecule has 0 bridgehead atoms. The van der Waals surface area contributed by atoms with Gasteiger partial charge in [-0.05, 0) is 53.8 Å². The van der Waals surface area contributed by atoms with Crippen LogP contribution in [-0.2, 0) is 0 Å². The first kappa shape index (κ1) is 13.9. The quantitative estimate of drug-likeness (QED) is 0.837. The Kier molecular flexibility index (Phi) is 3.31. The maximum atomic E-state index is 9.16. The molecule has 0 aromatic heterocycles. The maximum absolute atomic E-state index is 9.16. The van der Waals surface area contributed by atoms with E-state index in [1.807, 2.05) is 30.3 Å². The van der Waals surface area contributed by atoms with Gasteiger partial charge in [-0.25, -0.2) is 0 Å². The van der Waals surface area contributed by atoms with Crippen LogP contribution in [0.4, 0.5) is 5.69 Å². The lowest BCUT2D eigenvalue weighted by Gasteiger charge is -2.37. The highest BCUT2D eigenvalue weighted by Gasteiger charge is 2.37. The Bertz CT molecular complexity index is 801. The summed E-state index contributed by atoms with van der Waals surface area (Å²) in [5.74, 6) is 1.75. The number of hydrogen-bond acceptors (Lipinski definition) is 3. The molecule has 1 heterocycles. The molecule has 1 aliphatic heterocycles. The van der Waals surface area contributed by atoms with E-state index in [1.54, 1.807) is 7.11 Å². The molecule has 114 valence electrons. The average Bonchev–Trinajstić information content (AvgIpc) is 3.11. The van der Waals surface area contributed by atoms with Crippen molar-refractivity contribution in [3.8, 4) is 11.8 Å². The molecule has 2 aromatic rings. The van der Waals surface area contributed by atoms with E-state index in [4.69, 9.17) is 10.00 Å². The highest BCUT2D eigenvalue weighted by Crippen LogP contribution is 2.49. The molecule has 0 saturated heterocycles. The van der Waals surface area contributed by atoms with Crippen LogP contribution in [0.1, 0.15) is 35.1 Å². The van der Waals surface area contributed by atoms with Gasteiger partial charge in [-0.15, -0.1) is 0 Å². The molecule has 1 aliphatic carbocycles. The largest absolute Gasteiger partial charge is 0.497 e. The van der Waals surface area contributed by atoms with Crippen LogP contribution in [-0.4, -0.2) is 7.11 Å². The Hall–Kier alpha value is -2.73. The van der Waals surface area contributed by atoms with E-state index in [1.165, 1.54) is 11.1 Å². The number of hydrogen-bond donors (Lipinski definition) is 1. The number of allylic oxidation sites excluding steroid dienone is 2. The zero-order valence-electron chi connectivity index (χ0n) is 13.0. The molecule has 3 nitrogen and oxygen atoms in total. The first-order valence-electron chi connectivity index (χ1n) is 7.91. The molecular formula is C20H18N2O. The number of benzene rings is 2. The number of rotatable bonds is 2. The third kappa shape index (κ3) is 2.27. The third-order valence-corrected chi connectivity index (χ3v) is 4.97. The predicted octanol–water partition coefficient (Wildman–Crippen LogP) is 4.39. The molecule has 3 atom stereocenters. The summed E-state index contributed by atoms with van der Waals surface area (Å²) in [7, 11) is 1.69. The predicted molar refractivity (Wildman–Crippen MR) is 90.5 cm³/mol. The van der Waals surface area contributed by atoms with Crippen LogP contribution in [0.5, 0.6) is 5.75 Å². The fourth-order valence-corrected chi connectivity index (χ4v) is 3.81. The summed E-state index contributed by atoms with van der Waals surface area (Å²) in [5, 5.41) is 12.8. The summed E-state index contributed by atoms with van der Waals surface area (Å²) in [5.41, 5.74) is 4.39. The molecule has 3 unspecified atom stereocenters. The van der Waals surface area contributed by atoms with Gasteiger partial charge in [0.2, 0.25) is 0 Å². The van der Waals surface area contributed by atoms with Crippen molar-refractivity contribution in [2.75, 3.05) is 12.4 Å². The number of nitriles is 1. The molecule has 4 rings (SSSR count). The van der Waals surface area contributed by atoms with Crippen LogP contribution in [0.25, 0.3) is 0 Å². The van der Waals surface area contributed by atoms with Crippen LogP contribution in [0.2, 0.25) is 0 Å². The SMILES string of the molecule is COc1ccc(C2Nc3ccc(C#N)cc3C3C=CCC32)cc1. The lowest BCUT2D eigenvalue weighted by molar-refractivity contribution is 0.411. The molecule has 0 spiro atoms. The van der Waals surface area contributed by atoms with Crippen molar-refractivity contribution in [3.05, 3.63) is 71.3 Å². The van der Waals surface area contributed by atoms with E-state index in [0.29, 0.717) is 11.8 Å². The van der Waals surface area contributed by atoms with Gasteiger partial charge in [0.25, 0.3) is 0 Å². The second-order valence-electron chi connectivity index (χ2n) is 6.16. The average molecular weight is 302 g/mol. The molecule has 1 N–H and O–H groups in total. The summed E-state index contributed by atoms with van der Waals surface area (Å²) in [6.07, 6.45) is 5.62. The molecule has 2 aromatic carbocycles. The van der Waals surface area contributed by atoms with E-state index in [2.05, 4.69) is 35.7 Å². The van der Waals surface area contributed by atoms with Gasteiger partial charge in [-0.2, -0.15) is 5.26 Å². The van der Waals surface area contributed by atoms with Crippen LogP contribution in [0, 0.1) is 17.2 Å². The molecule has 23 heavy (non-hydrogen) atoms. The highest BCUT2D eigenvalue weighted by molar-refractivity contribution is 5.62. The second-order valence-corrected chi connectivity index (χ2v) is 6.16. The minimum absolute atomic E-state index is 0.279. The molecule has 0 amide bonds. The number of nitrogens with zero attached hydrogens (tertiary/aromatic N) is 1. The van der Waals surface area contributed by atoms with Gasteiger partial charge in [0, 0.05) is 11.6 Å². The number of ether oxygens (including phenoxy) is 1. The van der Waals surface area contributed by atoms with Crippen molar-refractivity contribution in [2.45, 2.75) is 18.4 Å². The summed E-state index contributed by atoms with van der Waals surface area (Å²) in [4.78, 5) is 0. The fraction of sp³-hybridized carbons (Fsp3) is 0.250. The third-order valence-electron chi connectivity index (χ3n) is 4.97. The van der Waals surface area contributed by atoms with E-state index >= 15 is 0 Å². The van der Waals surface area contributed by atoms with Crippen molar-refractivity contribution in [3.63, 3.8) is 0 Å². The topological polar surface area (TPSA) is 45.0 Å². The second kappa shape index (κ2) is 5.48.